The molecule has 0 fully saturated rings. The van der Waals surface area contributed by atoms with E-state index in [9.17, 15) is 9.59 Å². The summed E-state index contributed by atoms with van der Waals surface area (Å²) < 4.78 is 5.14. The summed E-state index contributed by atoms with van der Waals surface area (Å²) >= 11 is 1.44. The molecule has 9 heteroatoms. The van der Waals surface area contributed by atoms with Gasteiger partial charge in [-0.25, -0.2) is 0 Å². The Balaban J connectivity index is 1.41. The molecule has 2 aromatic carbocycles. The van der Waals surface area contributed by atoms with E-state index in [1.165, 1.54) is 11.8 Å². The molecular formula is C24H21N5O3S. The van der Waals surface area contributed by atoms with Gasteiger partial charge in [-0.2, -0.15) is 4.98 Å². The van der Waals surface area contributed by atoms with E-state index in [2.05, 4.69) is 25.8 Å². The number of hydrogen-bond donors (Lipinski definition) is 2. The number of pyridine rings is 1. The first-order chi connectivity index (χ1) is 16.1. The minimum Gasteiger partial charge on any atom is -0.346 e. The van der Waals surface area contributed by atoms with Crippen LogP contribution in [0.15, 0.2) is 82.3 Å². The first kappa shape index (κ1) is 22.2. The molecule has 8 nitrogen and oxygen atoms in total. The van der Waals surface area contributed by atoms with Crippen LogP contribution in [-0.4, -0.2) is 26.9 Å². The number of rotatable bonds is 8. The number of amides is 2. The number of hydrogen-bond acceptors (Lipinski definition) is 7. The number of carbonyl (C=O) groups excluding carboxylic acids is 2. The molecule has 0 aliphatic rings. The third-order valence-electron chi connectivity index (χ3n) is 4.59. The maximum Gasteiger partial charge on any atom is 0.256 e. The number of nitrogens with one attached hydrogen (secondary N) is 2. The van der Waals surface area contributed by atoms with Crippen molar-refractivity contribution in [1.29, 1.82) is 0 Å². The molecule has 2 N–H and O–H groups in total. The van der Waals surface area contributed by atoms with Crippen LogP contribution in [0.3, 0.4) is 0 Å². The molecule has 2 amide bonds. The van der Waals surface area contributed by atoms with Gasteiger partial charge in [0, 0.05) is 22.3 Å². The lowest BCUT2D eigenvalue weighted by atomic mass is 10.1. The molecule has 2 aromatic heterocycles. The van der Waals surface area contributed by atoms with Gasteiger partial charge in [-0.15, -0.1) is 11.8 Å². The quantitative estimate of drug-likeness (QED) is 0.379. The summed E-state index contributed by atoms with van der Waals surface area (Å²) in [6.45, 7) is 2.08. The third-order valence-corrected chi connectivity index (χ3v) is 5.65. The van der Waals surface area contributed by atoms with Gasteiger partial charge in [0.2, 0.25) is 5.89 Å². The number of thioether (sulfide) groups is 1. The Hall–Kier alpha value is -3.98. The zero-order valence-corrected chi connectivity index (χ0v) is 18.6. The zero-order valence-electron chi connectivity index (χ0n) is 17.8. The Morgan fingerprint density at radius 2 is 1.85 bits per heavy atom. The molecule has 4 rings (SSSR count). The summed E-state index contributed by atoms with van der Waals surface area (Å²) in [6, 6.07) is 19.6. The van der Waals surface area contributed by atoms with Crippen LogP contribution < -0.4 is 10.6 Å². The van der Waals surface area contributed by atoms with E-state index < -0.39 is 0 Å². The maximum absolute atomic E-state index is 13.0. The number of carbonyl (C=O) groups is 2. The Kier molecular flexibility index (Phi) is 7.11. The van der Waals surface area contributed by atoms with Crippen molar-refractivity contribution in [3.8, 4) is 0 Å². The first-order valence-corrected chi connectivity index (χ1v) is 11.2. The average Bonchev–Trinajstić information content (AvgIpc) is 3.27. The average molecular weight is 460 g/mol. The molecule has 2 heterocycles. The number of benzene rings is 2. The predicted molar refractivity (Wildman–Crippen MR) is 125 cm³/mol. The van der Waals surface area contributed by atoms with E-state index in [0.29, 0.717) is 40.8 Å². The van der Waals surface area contributed by atoms with Crippen LogP contribution in [0.25, 0.3) is 0 Å². The summed E-state index contributed by atoms with van der Waals surface area (Å²) in [5.74, 6) is 1.00. The van der Waals surface area contributed by atoms with Gasteiger partial charge in [-0.1, -0.05) is 29.4 Å². The fourth-order valence-corrected chi connectivity index (χ4v) is 3.92. The van der Waals surface area contributed by atoms with Crippen molar-refractivity contribution in [3.05, 3.63) is 101 Å². The number of aromatic nitrogens is 3. The highest BCUT2D eigenvalue weighted by Gasteiger charge is 2.14. The van der Waals surface area contributed by atoms with E-state index >= 15 is 0 Å². The summed E-state index contributed by atoms with van der Waals surface area (Å²) in [5.41, 5.74) is 2.25. The van der Waals surface area contributed by atoms with Crippen molar-refractivity contribution in [3.63, 3.8) is 0 Å². The monoisotopic (exact) mass is 459 g/mol. The number of anilines is 1. The van der Waals surface area contributed by atoms with Crippen LogP contribution in [0.2, 0.25) is 0 Å². The van der Waals surface area contributed by atoms with E-state index in [0.717, 1.165) is 10.6 Å². The maximum atomic E-state index is 13.0. The van der Waals surface area contributed by atoms with Crippen molar-refractivity contribution in [1.82, 2.24) is 20.4 Å². The second-order valence-electron chi connectivity index (χ2n) is 7.06. The Morgan fingerprint density at radius 1 is 1.00 bits per heavy atom. The van der Waals surface area contributed by atoms with Crippen molar-refractivity contribution >= 4 is 29.3 Å². The van der Waals surface area contributed by atoms with Gasteiger partial charge < -0.3 is 15.2 Å². The van der Waals surface area contributed by atoms with E-state index in [1.807, 2.05) is 30.3 Å². The van der Waals surface area contributed by atoms with Gasteiger partial charge in [0.15, 0.2) is 5.82 Å². The minimum atomic E-state index is -0.272. The molecule has 0 saturated carbocycles. The molecule has 0 bridgehead atoms. The molecule has 0 spiro atoms. The molecule has 0 saturated heterocycles. The summed E-state index contributed by atoms with van der Waals surface area (Å²) in [6.07, 6.45) is 1.68. The van der Waals surface area contributed by atoms with Crippen LogP contribution in [0, 0.1) is 6.92 Å². The lowest BCUT2D eigenvalue weighted by Crippen LogP contribution is -2.23. The van der Waals surface area contributed by atoms with Gasteiger partial charge in [0.25, 0.3) is 11.8 Å². The van der Waals surface area contributed by atoms with Gasteiger partial charge in [-0.3, -0.25) is 14.6 Å². The lowest BCUT2D eigenvalue weighted by molar-refractivity contribution is 0.0949. The topological polar surface area (TPSA) is 110 Å². The standard InChI is InChI=1S/C24H21N5O3S/c1-16-27-22(32-29-16)15-33-21-11-3-2-10-20(21)24(31)28-18-9-6-7-17(13-18)23(30)26-14-19-8-4-5-12-25-19/h2-13H,14-15H2,1H3,(H,26,30)(H,28,31). The smallest absolute Gasteiger partial charge is 0.256 e. The highest BCUT2D eigenvalue weighted by molar-refractivity contribution is 7.98. The van der Waals surface area contributed by atoms with Gasteiger partial charge in [0.05, 0.1) is 23.6 Å². The van der Waals surface area contributed by atoms with Crippen molar-refractivity contribution in [2.24, 2.45) is 0 Å². The minimum absolute atomic E-state index is 0.248. The second kappa shape index (κ2) is 10.6. The second-order valence-corrected chi connectivity index (χ2v) is 8.08. The van der Waals surface area contributed by atoms with Crippen LogP contribution >= 0.6 is 11.8 Å². The van der Waals surface area contributed by atoms with Crippen LogP contribution in [0.1, 0.15) is 38.1 Å². The lowest BCUT2D eigenvalue weighted by Gasteiger charge is -2.11. The van der Waals surface area contributed by atoms with E-state index in [4.69, 9.17) is 4.52 Å². The summed E-state index contributed by atoms with van der Waals surface area (Å²) in [7, 11) is 0. The fraction of sp³-hybridized carbons (Fsp3) is 0.125. The Labute approximate surface area is 194 Å². The number of aryl methyl sites for hydroxylation is 1. The molecular weight excluding hydrogens is 438 g/mol. The molecule has 0 atom stereocenters. The molecule has 0 aliphatic carbocycles. The largest absolute Gasteiger partial charge is 0.346 e. The van der Waals surface area contributed by atoms with Crippen molar-refractivity contribution < 1.29 is 14.1 Å². The SMILES string of the molecule is Cc1noc(CSc2ccccc2C(=O)Nc2cccc(C(=O)NCc3ccccn3)c2)n1. The normalized spacial score (nSPS) is 10.6. The number of nitrogens with zero attached hydrogens (tertiary/aromatic N) is 3. The molecule has 33 heavy (non-hydrogen) atoms. The first-order valence-electron chi connectivity index (χ1n) is 10.2. The molecule has 4 aromatic rings. The van der Waals surface area contributed by atoms with E-state index in [1.54, 1.807) is 49.5 Å². The van der Waals surface area contributed by atoms with Gasteiger partial charge >= 0.3 is 0 Å². The third kappa shape index (κ3) is 6.05. The molecule has 0 aliphatic heterocycles. The summed E-state index contributed by atoms with van der Waals surface area (Å²) in [4.78, 5) is 34.7. The van der Waals surface area contributed by atoms with Crippen LogP contribution in [-0.2, 0) is 12.3 Å². The predicted octanol–water partition coefficient (Wildman–Crippen LogP) is 4.25. The van der Waals surface area contributed by atoms with E-state index in [-0.39, 0.29) is 11.8 Å². The Morgan fingerprint density at radius 3 is 2.64 bits per heavy atom. The Bertz CT molecular complexity index is 1260. The molecule has 166 valence electrons. The van der Waals surface area contributed by atoms with Crippen molar-refractivity contribution in [2.75, 3.05) is 5.32 Å². The van der Waals surface area contributed by atoms with Gasteiger partial charge in [0.1, 0.15) is 0 Å². The highest BCUT2D eigenvalue weighted by atomic mass is 32.2. The highest BCUT2D eigenvalue weighted by Crippen LogP contribution is 2.26. The van der Waals surface area contributed by atoms with Crippen LogP contribution in [0.4, 0.5) is 5.69 Å². The van der Waals surface area contributed by atoms with Crippen LogP contribution in [0.5, 0.6) is 0 Å². The summed E-state index contributed by atoms with van der Waals surface area (Å²) in [5, 5.41) is 9.49. The fourth-order valence-electron chi connectivity index (χ4n) is 3.03. The molecule has 0 unspecified atom stereocenters. The zero-order chi connectivity index (χ0) is 23.0. The van der Waals surface area contributed by atoms with Crippen molar-refractivity contribution in [2.45, 2.75) is 24.1 Å². The van der Waals surface area contributed by atoms with Gasteiger partial charge in [-0.05, 0) is 49.4 Å². The molecule has 0 radical (unpaired) electrons.